The first-order valence-electron chi connectivity index (χ1n) is 5.19. The van der Waals surface area contributed by atoms with Crippen LogP contribution in [0.25, 0.3) is 0 Å². The third-order valence-electron chi connectivity index (χ3n) is 2.43. The fraction of sp³-hybridized carbons (Fsp3) is 0.182. The number of rotatable bonds is 3. The summed E-state index contributed by atoms with van der Waals surface area (Å²) >= 11 is 0. The normalized spacial score (nSPS) is 17.8. The first-order chi connectivity index (χ1) is 8.58. The van der Waals surface area contributed by atoms with E-state index < -0.39 is 18.0 Å². The lowest BCUT2D eigenvalue weighted by Crippen LogP contribution is -2.29. The molecule has 1 aromatic rings. The highest BCUT2D eigenvalue weighted by Gasteiger charge is 2.31. The van der Waals surface area contributed by atoms with E-state index in [1.165, 1.54) is 0 Å². The van der Waals surface area contributed by atoms with Gasteiger partial charge in [-0.1, -0.05) is 17.3 Å². The number of anilines is 2. The number of aliphatic carboxylic acids is 1. The molecule has 0 spiro atoms. The Morgan fingerprint density at radius 3 is 2.78 bits per heavy atom. The van der Waals surface area contributed by atoms with Crippen LogP contribution < -0.4 is 11.1 Å². The van der Waals surface area contributed by atoms with Crippen LogP contribution in [-0.2, 0) is 14.4 Å². The number of nitrogens with one attached hydrogen (secondary N) is 1. The Balaban J connectivity index is 1.99. The molecule has 0 aromatic heterocycles. The second-order valence-corrected chi connectivity index (χ2v) is 3.72. The minimum absolute atomic E-state index is 0.0616. The van der Waals surface area contributed by atoms with Crippen molar-refractivity contribution in [2.45, 2.75) is 12.5 Å². The number of oxime groups is 1. The van der Waals surface area contributed by atoms with Crippen molar-refractivity contribution < 1.29 is 19.5 Å². The zero-order valence-corrected chi connectivity index (χ0v) is 9.29. The molecule has 0 bridgehead atoms. The lowest BCUT2D eigenvalue weighted by atomic mass is 10.1. The number of benzene rings is 1. The maximum atomic E-state index is 11.8. The van der Waals surface area contributed by atoms with E-state index in [4.69, 9.17) is 15.7 Å². The average molecular weight is 249 g/mol. The fourth-order valence-electron chi connectivity index (χ4n) is 1.47. The summed E-state index contributed by atoms with van der Waals surface area (Å²) in [5, 5.41) is 14.6. The Morgan fingerprint density at radius 1 is 1.44 bits per heavy atom. The Kier molecular flexibility index (Phi) is 3.13. The van der Waals surface area contributed by atoms with Crippen LogP contribution in [0.1, 0.15) is 6.42 Å². The predicted octanol–water partition coefficient (Wildman–Crippen LogP) is 0.437. The van der Waals surface area contributed by atoms with Gasteiger partial charge >= 0.3 is 5.97 Å². The lowest BCUT2D eigenvalue weighted by Gasteiger charge is -2.10. The van der Waals surface area contributed by atoms with Gasteiger partial charge in [0.1, 0.15) is 0 Å². The molecule has 0 radical (unpaired) electrons. The average Bonchev–Trinajstić information content (AvgIpc) is 2.81. The number of carboxylic acids is 1. The molecular weight excluding hydrogens is 238 g/mol. The summed E-state index contributed by atoms with van der Waals surface area (Å²) in [5.74, 6) is -1.67. The Morgan fingerprint density at radius 2 is 2.17 bits per heavy atom. The monoisotopic (exact) mass is 249 g/mol. The molecule has 2 rings (SSSR count). The Hall–Kier alpha value is -2.57. The van der Waals surface area contributed by atoms with Crippen molar-refractivity contribution in [1.82, 2.24) is 0 Å². The summed E-state index contributed by atoms with van der Waals surface area (Å²) in [6.45, 7) is 0. The molecule has 7 heteroatoms. The van der Waals surface area contributed by atoms with Crippen molar-refractivity contribution in [1.29, 1.82) is 0 Å². The van der Waals surface area contributed by atoms with Crippen LogP contribution in [0.5, 0.6) is 0 Å². The van der Waals surface area contributed by atoms with Gasteiger partial charge in [-0.3, -0.25) is 4.79 Å². The molecule has 1 atom stereocenters. The summed E-state index contributed by atoms with van der Waals surface area (Å²) in [7, 11) is 0. The van der Waals surface area contributed by atoms with Crippen LogP contribution in [0.15, 0.2) is 29.4 Å². The summed E-state index contributed by atoms with van der Waals surface area (Å²) in [6.07, 6.45) is -0.996. The number of carbonyl (C=O) groups is 2. The SMILES string of the molecule is Nc1ccccc1NC(=O)C1CC(C(=O)O)=NO1. The van der Waals surface area contributed by atoms with Crippen molar-refractivity contribution in [3.05, 3.63) is 24.3 Å². The highest BCUT2D eigenvalue weighted by Crippen LogP contribution is 2.19. The van der Waals surface area contributed by atoms with Crippen molar-refractivity contribution in [3.63, 3.8) is 0 Å². The molecule has 1 unspecified atom stereocenters. The standard InChI is InChI=1S/C11H11N3O4/c12-6-3-1-2-4-7(6)13-10(15)9-5-8(11(16)17)14-18-9/h1-4,9H,5,12H2,(H,13,15)(H,16,17). The van der Waals surface area contributed by atoms with Crippen molar-refractivity contribution >= 4 is 29.0 Å². The molecule has 0 saturated carbocycles. The Bertz CT molecular complexity index is 527. The molecule has 0 aliphatic carbocycles. The van der Waals surface area contributed by atoms with Crippen LogP contribution in [0, 0.1) is 0 Å². The summed E-state index contributed by atoms with van der Waals surface area (Å²) < 4.78 is 0. The number of hydrogen-bond donors (Lipinski definition) is 3. The van der Waals surface area contributed by atoms with Gasteiger partial charge in [-0.05, 0) is 12.1 Å². The summed E-state index contributed by atoms with van der Waals surface area (Å²) in [6, 6.07) is 6.74. The molecule has 0 saturated heterocycles. The van der Waals surface area contributed by atoms with E-state index in [1.807, 2.05) is 0 Å². The number of nitrogen functional groups attached to an aromatic ring is 1. The predicted molar refractivity (Wildman–Crippen MR) is 64.0 cm³/mol. The van der Waals surface area contributed by atoms with E-state index >= 15 is 0 Å². The number of nitrogens with two attached hydrogens (primary N) is 1. The molecule has 7 nitrogen and oxygen atoms in total. The zero-order chi connectivity index (χ0) is 13.1. The van der Waals surface area contributed by atoms with Gasteiger partial charge in [0.25, 0.3) is 5.91 Å². The number of amides is 1. The molecule has 1 amide bonds. The Labute approximate surface area is 102 Å². The lowest BCUT2D eigenvalue weighted by molar-refractivity contribution is -0.129. The van der Waals surface area contributed by atoms with Crippen LogP contribution in [0.3, 0.4) is 0 Å². The van der Waals surface area contributed by atoms with Gasteiger partial charge in [0.15, 0.2) is 5.71 Å². The highest BCUT2D eigenvalue weighted by molar-refractivity contribution is 6.36. The van der Waals surface area contributed by atoms with E-state index in [1.54, 1.807) is 24.3 Å². The second-order valence-electron chi connectivity index (χ2n) is 3.72. The highest BCUT2D eigenvalue weighted by atomic mass is 16.6. The number of nitrogens with zero attached hydrogens (tertiary/aromatic N) is 1. The topological polar surface area (TPSA) is 114 Å². The van der Waals surface area contributed by atoms with E-state index in [0.29, 0.717) is 11.4 Å². The number of carbonyl (C=O) groups excluding carboxylic acids is 1. The molecule has 1 aliphatic rings. The van der Waals surface area contributed by atoms with Crippen molar-refractivity contribution in [3.8, 4) is 0 Å². The van der Waals surface area contributed by atoms with Gasteiger partial charge in [-0.15, -0.1) is 0 Å². The quantitative estimate of drug-likeness (QED) is 0.672. The van der Waals surface area contributed by atoms with Crippen molar-refractivity contribution in [2.24, 2.45) is 5.16 Å². The fourth-order valence-corrected chi connectivity index (χ4v) is 1.47. The molecule has 1 heterocycles. The van der Waals surface area contributed by atoms with Gasteiger partial charge < -0.3 is 21.0 Å². The zero-order valence-electron chi connectivity index (χ0n) is 9.29. The number of para-hydroxylation sites is 2. The van der Waals surface area contributed by atoms with Crippen LogP contribution in [-0.4, -0.2) is 28.8 Å². The molecule has 1 aromatic carbocycles. The van der Waals surface area contributed by atoms with E-state index in [0.717, 1.165) is 0 Å². The van der Waals surface area contributed by atoms with Gasteiger partial charge in [-0.2, -0.15) is 0 Å². The molecule has 0 fully saturated rings. The van der Waals surface area contributed by atoms with E-state index in [9.17, 15) is 9.59 Å². The van der Waals surface area contributed by atoms with E-state index in [2.05, 4.69) is 10.5 Å². The first-order valence-corrected chi connectivity index (χ1v) is 5.19. The molecule has 1 aliphatic heterocycles. The summed E-state index contributed by atoms with van der Waals surface area (Å²) in [4.78, 5) is 27.2. The minimum Gasteiger partial charge on any atom is -0.477 e. The molecule has 94 valence electrons. The summed E-state index contributed by atoms with van der Waals surface area (Å²) in [5.41, 5.74) is 6.37. The largest absolute Gasteiger partial charge is 0.477 e. The van der Waals surface area contributed by atoms with Crippen LogP contribution in [0.4, 0.5) is 11.4 Å². The maximum absolute atomic E-state index is 11.8. The van der Waals surface area contributed by atoms with Gasteiger partial charge in [0.2, 0.25) is 6.10 Å². The number of carboxylic acid groups (broad SMARTS) is 1. The molecule has 18 heavy (non-hydrogen) atoms. The second kappa shape index (κ2) is 4.74. The minimum atomic E-state index is -1.19. The number of hydrogen-bond acceptors (Lipinski definition) is 5. The van der Waals surface area contributed by atoms with Crippen LogP contribution in [0.2, 0.25) is 0 Å². The van der Waals surface area contributed by atoms with E-state index in [-0.39, 0.29) is 12.1 Å². The third kappa shape index (κ3) is 2.40. The van der Waals surface area contributed by atoms with Gasteiger partial charge in [0, 0.05) is 6.42 Å². The smallest absolute Gasteiger partial charge is 0.353 e. The first kappa shape index (κ1) is 11.9. The molecular formula is C11H11N3O4. The van der Waals surface area contributed by atoms with Crippen molar-refractivity contribution in [2.75, 3.05) is 11.1 Å². The van der Waals surface area contributed by atoms with Gasteiger partial charge in [-0.25, -0.2) is 4.79 Å². The maximum Gasteiger partial charge on any atom is 0.353 e. The molecule has 4 N–H and O–H groups in total. The van der Waals surface area contributed by atoms with Gasteiger partial charge in [0.05, 0.1) is 11.4 Å². The third-order valence-corrected chi connectivity index (χ3v) is 2.43. The van der Waals surface area contributed by atoms with Crippen LogP contribution >= 0.6 is 0 Å².